The van der Waals surface area contributed by atoms with E-state index in [9.17, 15) is 9.90 Å². The van der Waals surface area contributed by atoms with Gasteiger partial charge in [0.25, 0.3) is 0 Å². The lowest BCUT2D eigenvalue weighted by Crippen LogP contribution is -2.42. The smallest absolute Gasteiger partial charge is 0.500 e. The molecule has 0 bridgehead atoms. The van der Waals surface area contributed by atoms with Crippen molar-refractivity contribution in [2.24, 2.45) is 0 Å². The number of hydrogen-bond donors (Lipinski definition) is 1. The van der Waals surface area contributed by atoms with E-state index < -0.39 is 8.80 Å². The van der Waals surface area contributed by atoms with Gasteiger partial charge in [0.2, 0.25) is 0 Å². The molecule has 0 amide bonds. The number of ether oxygens (including phenoxy) is 2. The van der Waals surface area contributed by atoms with Crippen LogP contribution in [0.4, 0.5) is 0 Å². The molecule has 11 heteroatoms. The molecule has 0 aliphatic rings. The molecule has 0 saturated heterocycles. The predicted molar refractivity (Wildman–Crippen MR) is 188 cm³/mol. The molecule has 1 aromatic heterocycles. The summed E-state index contributed by atoms with van der Waals surface area (Å²) in [6, 6.07) is 18.0. The van der Waals surface area contributed by atoms with Crippen LogP contribution in [-0.2, 0) is 22.8 Å². The van der Waals surface area contributed by atoms with E-state index in [1.807, 2.05) is 52.0 Å². The van der Waals surface area contributed by atoms with Gasteiger partial charge in [0.1, 0.15) is 24.7 Å². The highest BCUT2D eigenvalue weighted by Crippen LogP contribution is 2.34. The number of esters is 1. The van der Waals surface area contributed by atoms with Gasteiger partial charge in [-0.25, -0.2) is 15.0 Å². The topological polar surface area (TPSA) is 122 Å². The summed E-state index contributed by atoms with van der Waals surface area (Å²) in [6.45, 7) is 8.43. The number of benzene rings is 3. The highest BCUT2D eigenvalue weighted by atomic mass is 28.4. The number of aryl methyl sites for hydroxylation is 4. The first-order valence-electron chi connectivity index (χ1n) is 16.3. The Balaban J connectivity index is 1.36. The summed E-state index contributed by atoms with van der Waals surface area (Å²) in [5.41, 5.74) is 6.64. The number of phenolic OH excluding ortho intramolecular Hbond substituents is 1. The van der Waals surface area contributed by atoms with Crippen LogP contribution in [0.5, 0.6) is 11.5 Å². The van der Waals surface area contributed by atoms with Crippen LogP contribution >= 0.6 is 0 Å². The maximum absolute atomic E-state index is 12.2. The molecular formula is C37H47N3O7Si. The van der Waals surface area contributed by atoms with Crippen LogP contribution in [-0.4, -0.2) is 69.4 Å². The van der Waals surface area contributed by atoms with Gasteiger partial charge in [0, 0.05) is 51.0 Å². The molecule has 1 heterocycles. The monoisotopic (exact) mass is 673 g/mol. The van der Waals surface area contributed by atoms with E-state index in [2.05, 4.69) is 12.1 Å². The van der Waals surface area contributed by atoms with E-state index in [0.717, 1.165) is 65.1 Å². The van der Waals surface area contributed by atoms with Crippen LogP contribution in [0, 0.1) is 27.7 Å². The van der Waals surface area contributed by atoms with E-state index in [1.165, 1.54) is 6.07 Å². The molecule has 0 fully saturated rings. The Morgan fingerprint density at radius 2 is 1.19 bits per heavy atom. The standard InChI is InChI=1S/C37H47N3O7Si/c1-25-13-16-30(27(3)22-25)35-38-36(31-17-14-26(2)23-28(31)4)40-37(39-35)32-18-15-29(24-33(32)41)46-19-20-47-34(42)12-10-8-9-11-21-48(43-5,44-6)45-7/h13-18,22-24,41H,8-12,19-21H2,1-7H3. The largest absolute Gasteiger partial charge is 0.507 e. The number of phenols is 1. The van der Waals surface area contributed by atoms with Crippen molar-refractivity contribution in [2.45, 2.75) is 65.8 Å². The van der Waals surface area contributed by atoms with Crippen molar-refractivity contribution < 1.29 is 32.7 Å². The zero-order valence-corrected chi connectivity index (χ0v) is 30.1. The average Bonchev–Trinajstić information content (AvgIpc) is 3.06. The third kappa shape index (κ3) is 9.69. The van der Waals surface area contributed by atoms with Gasteiger partial charge in [-0.3, -0.25) is 4.79 Å². The van der Waals surface area contributed by atoms with Gasteiger partial charge in [0.15, 0.2) is 17.5 Å². The lowest BCUT2D eigenvalue weighted by atomic mass is 10.0. The molecule has 256 valence electrons. The van der Waals surface area contributed by atoms with E-state index >= 15 is 0 Å². The third-order valence-corrected chi connectivity index (χ3v) is 11.1. The molecule has 0 unspecified atom stereocenters. The van der Waals surface area contributed by atoms with Gasteiger partial charge < -0.3 is 27.9 Å². The molecule has 0 aliphatic carbocycles. The van der Waals surface area contributed by atoms with Crippen molar-refractivity contribution in [3.05, 3.63) is 76.9 Å². The van der Waals surface area contributed by atoms with Gasteiger partial charge in [-0.1, -0.05) is 60.4 Å². The summed E-state index contributed by atoms with van der Waals surface area (Å²) in [5, 5.41) is 11.1. The molecule has 10 nitrogen and oxygen atoms in total. The van der Waals surface area contributed by atoms with Crippen LogP contribution in [0.3, 0.4) is 0 Å². The van der Waals surface area contributed by atoms with Crippen LogP contribution in [0.1, 0.15) is 54.4 Å². The zero-order valence-electron chi connectivity index (χ0n) is 29.1. The van der Waals surface area contributed by atoms with Crippen LogP contribution in [0.15, 0.2) is 54.6 Å². The number of aromatic nitrogens is 3. The SMILES string of the molecule is CO[Si](CCCCCCC(=O)OCCOc1ccc(-c2nc(-c3ccc(C)cc3C)nc(-c3ccc(C)cc3C)n2)c(O)c1)(OC)OC. The number of aromatic hydroxyl groups is 1. The summed E-state index contributed by atoms with van der Waals surface area (Å²) in [4.78, 5) is 26.6. The number of nitrogens with zero attached hydrogens (tertiary/aromatic N) is 3. The van der Waals surface area contributed by atoms with Gasteiger partial charge in [-0.15, -0.1) is 0 Å². The highest BCUT2D eigenvalue weighted by molar-refractivity contribution is 6.60. The summed E-state index contributed by atoms with van der Waals surface area (Å²) in [7, 11) is 2.29. The molecule has 0 radical (unpaired) electrons. The number of hydrogen-bond acceptors (Lipinski definition) is 10. The van der Waals surface area contributed by atoms with Crippen molar-refractivity contribution in [1.29, 1.82) is 0 Å². The highest BCUT2D eigenvalue weighted by Gasteiger charge is 2.36. The molecule has 4 aromatic rings. The molecule has 48 heavy (non-hydrogen) atoms. The van der Waals surface area contributed by atoms with E-state index in [4.69, 9.17) is 37.7 Å². The minimum atomic E-state index is -2.54. The van der Waals surface area contributed by atoms with Crippen molar-refractivity contribution >= 4 is 14.8 Å². The second-order valence-electron chi connectivity index (χ2n) is 11.9. The summed E-state index contributed by atoms with van der Waals surface area (Å²) in [5.74, 6) is 1.55. The first kappa shape index (κ1) is 36.7. The van der Waals surface area contributed by atoms with E-state index in [0.29, 0.717) is 35.2 Å². The molecule has 0 aliphatic heterocycles. The van der Waals surface area contributed by atoms with E-state index in [-0.39, 0.29) is 24.9 Å². The van der Waals surface area contributed by atoms with Gasteiger partial charge in [0.05, 0.1) is 5.56 Å². The number of rotatable bonds is 17. The second-order valence-corrected chi connectivity index (χ2v) is 15.0. The normalized spacial score (nSPS) is 11.5. The van der Waals surface area contributed by atoms with Crippen molar-refractivity contribution in [2.75, 3.05) is 34.5 Å². The first-order chi connectivity index (χ1) is 23.1. The van der Waals surface area contributed by atoms with Crippen LogP contribution in [0.25, 0.3) is 34.2 Å². The van der Waals surface area contributed by atoms with Gasteiger partial charge in [-0.05, 0) is 63.8 Å². The Labute approximate surface area is 284 Å². The predicted octanol–water partition coefficient (Wildman–Crippen LogP) is 7.56. The second kappa shape index (κ2) is 17.3. The van der Waals surface area contributed by atoms with Crippen molar-refractivity contribution in [1.82, 2.24) is 15.0 Å². The Hall–Kier alpha value is -4.16. The maximum Gasteiger partial charge on any atom is 0.500 e. The fourth-order valence-electron chi connectivity index (χ4n) is 5.56. The molecular weight excluding hydrogens is 627 g/mol. The number of unbranched alkanes of at least 4 members (excludes halogenated alkanes) is 3. The minimum Gasteiger partial charge on any atom is -0.507 e. The molecule has 1 N–H and O–H groups in total. The Bertz CT molecular complexity index is 1620. The third-order valence-electron chi connectivity index (χ3n) is 8.25. The number of carbonyl (C=O) groups is 1. The van der Waals surface area contributed by atoms with Gasteiger partial charge in [-0.2, -0.15) is 0 Å². The van der Waals surface area contributed by atoms with E-state index in [1.54, 1.807) is 33.5 Å². The Morgan fingerprint density at radius 3 is 1.71 bits per heavy atom. The Morgan fingerprint density at radius 1 is 0.667 bits per heavy atom. The van der Waals surface area contributed by atoms with Gasteiger partial charge >= 0.3 is 14.8 Å². The Kier molecular flexibility index (Phi) is 13.2. The maximum atomic E-state index is 12.2. The molecule has 0 saturated carbocycles. The quantitative estimate of drug-likeness (QED) is 0.0682. The summed E-state index contributed by atoms with van der Waals surface area (Å²) in [6.07, 6.45) is 3.84. The van der Waals surface area contributed by atoms with Crippen molar-refractivity contribution in [3.8, 4) is 45.7 Å². The summed E-state index contributed by atoms with van der Waals surface area (Å²) < 4.78 is 27.4. The fourth-order valence-corrected chi connectivity index (χ4v) is 7.36. The molecule has 4 rings (SSSR count). The zero-order chi connectivity index (χ0) is 34.7. The van der Waals surface area contributed by atoms with Crippen LogP contribution < -0.4 is 4.74 Å². The number of carbonyl (C=O) groups excluding carboxylic acids is 1. The fraction of sp³-hybridized carbons (Fsp3) is 0.405. The molecule has 0 spiro atoms. The summed E-state index contributed by atoms with van der Waals surface area (Å²) >= 11 is 0. The lowest BCUT2D eigenvalue weighted by Gasteiger charge is -2.24. The van der Waals surface area contributed by atoms with Crippen LogP contribution in [0.2, 0.25) is 6.04 Å². The first-order valence-corrected chi connectivity index (χ1v) is 18.2. The minimum absolute atomic E-state index is 0.0322. The molecule has 0 atom stereocenters. The molecule has 3 aromatic carbocycles. The average molecular weight is 674 g/mol. The van der Waals surface area contributed by atoms with Crippen molar-refractivity contribution in [3.63, 3.8) is 0 Å². The lowest BCUT2D eigenvalue weighted by molar-refractivity contribution is -0.144.